The second-order valence-corrected chi connectivity index (χ2v) is 9.77. The van der Waals surface area contributed by atoms with Crippen LogP contribution in [-0.2, 0) is 4.79 Å². The Morgan fingerprint density at radius 3 is 2.48 bits per heavy atom. The molecule has 0 aromatic rings. The molecule has 2 heteroatoms. The lowest BCUT2D eigenvalue weighted by Crippen LogP contribution is -2.55. The SMILES string of the molecule is C=C1C[C@@]23CCC4C(C)(C)CCC[C@@]4(C)C2CCC1C3.O=CO. The van der Waals surface area contributed by atoms with Crippen LogP contribution in [0.15, 0.2) is 12.2 Å². The monoisotopic (exact) mass is 318 g/mol. The summed E-state index contributed by atoms with van der Waals surface area (Å²) in [6.45, 7) is 12.0. The van der Waals surface area contributed by atoms with Crippen LogP contribution in [0.4, 0.5) is 0 Å². The number of hydrogen-bond acceptors (Lipinski definition) is 1. The quantitative estimate of drug-likeness (QED) is 0.461. The van der Waals surface area contributed by atoms with E-state index in [0.717, 1.165) is 17.8 Å². The van der Waals surface area contributed by atoms with E-state index in [1.807, 2.05) is 0 Å². The molecule has 0 aromatic heterocycles. The summed E-state index contributed by atoms with van der Waals surface area (Å²) in [6, 6.07) is 0. The zero-order valence-corrected chi connectivity index (χ0v) is 15.2. The molecule has 0 aromatic carbocycles. The Hall–Kier alpha value is -0.790. The maximum Gasteiger partial charge on any atom is 0.290 e. The zero-order chi connectivity index (χ0) is 16.9. The first-order valence-electron chi connectivity index (χ1n) is 9.55. The van der Waals surface area contributed by atoms with Gasteiger partial charge in [0.25, 0.3) is 6.47 Å². The molecular formula is C21H34O2. The molecule has 1 N–H and O–H groups in total. The number of carboxylic acid groups (broad SMARTS) is 1. The first kappa shape index (κ1) is 17.0. The third-order valence-corrected chi connectivity index (χ3v) is 8.36. The van der Waals surface area contributed by atoms with Crippen LogP contribution in [-0.4, -0.2) is 11.6 Å². The Labute approximate surface area is 141 Å². The molecule has 2 bridgehead atoms. The Morgan fingerprint density at radius 2 is 1.78 bits per heavy atom. The highest BCUT2D eigenvalue weighted by atomic mass is 16.3. The largest absolute Gasteiger partial charge is 0.483 e. The zero-order valence-electron chi connectivity index (χ0n) is 15.2. The molecule has 5 atom stereocenters. The van der Waals surface area contributed by atoms with Gasteiger partial charge in [-0.15, -0.1) is 0 Å². The topological polar surface area (TPSA) is 37.3 Å². The van der Waals surface area contributed by atoms with E-state index in [9.17, 15) is 0 Å². The molecule has 0 amide bonds. The molecule has 3 unspecified atom stereocenters. The van der Waals surface area contributed by atoms with E-state index in [0.29, 0.717) is 16.2 Å². The molecule has 0 heterocycles. The van der Waals surface area contributed by atoms with Crippen molar-refractivity contribution < 1.29 is 9.90 Å². The van der Waals surface area contributed by atoms with E-state index in [1.165, 1.54) is 57.8 Å². The van der Waals surface area contributed by atoms with Gasteiger partial charge in [-0.1, -0.05) is 39.3 Å². The first-order valence-corrected chi connectivity index (χ1v) is 9.55. The Morgan fingerprint density at radius 1 is 1.09 bits per heavy atom. The second kappa shape index (κ2) is 5.63. The van der Waals surface area contributed by atoms with E-state index in [2.05, 4.69) is 27.4 Å². The minimum Gasteiger partial charge on any atom is -0.483 e. The van der Waals surface area contributed by atoms with Gasteiger partial charge in [-0.05, 0) is 85.4 Å². The molecule has 4 saturated carbocycles. The van der Waals surface area contributed by atoms with Crippen molar-refractivity contribution in [2.75, 3.05) is 0 Å². The van der Waals surface area contributed by atoms with Crippen LogP contribution in [0.3, 0.4) is 0 Å². The summed E-state index contributed by atoms with van der Waals surface area (Å²) >= 11 is 0. The number of fused-ring (bicyclic) bond motifs is 3. The molecule has 0 aliphatic heterocycles. The van der Waals surface area contributed by atoms with Gasteiger partial charge in [0.05, 0.1) is 0 Å². The predicted molar refractivity (Wildman–Crippen MR) is 94.2 cm³/mol. The summed E-state index contributed by atoms with van der Waals surface area (Å²) in [7, 11) is 0. The highest BCUT2D eigenvalue weighted by Crippen LogP contribution is 2.72. The third-order valence-electron chi connectivity index (χ3n) is 8.36. The predicted octanol–water partition coefficient (Wildman–Crippen LogP) is 5.68. The van der Waals surface area contributed by atoms with Gasteiger partial charge in [0.1, 0.15) is 0 Å². The summed E-state index contributed by atoms with van der Waals surface area (Å²) in [5.41, 5.74) is 3.51. The lowest BCUT2D eigenvalue weighted by molar-refractivity contribution is -0.144. The highest BCUT2D eigenvalue weighted by Gasteiger charge is 2.62. The van der Waals surface area contributed by atoms with Gasteiger partial charge in [0, 0.05) is 0 Å². The number of hydrogen-bond donors (Lipinski definition) is 1. The summed E-state index contributed by atoms with van der Waals surface area (Å²) < 4.78 is 0. The lowest BCUT2D eigenvalue weighted by atomic mass is 9.41. The fraction of sp³-hybridized carbons (Fsp3) is 0.857. The van der Waals surface area contributed by atoms with Crippen molar-refractivity contribution in [2.24, 2.45) is 34.0 Å². The van der Waals surface area contributed by atoms with Gasteiger partial charge >= 0.3 is 0 Å². The summed E-state index contributed by atoms with van der Waals surface area (Å²) in [5.74, 6) is 2.87. The minimum absolute atomic E-state index is 0.250. The van der Waals surface area contributed by atoms with Gasteiger partial charge in [0.15, 0.2) is 0 Å². The molecule has 4 aliphatic carbocycles. The molecule has 0 radical (unpaired) electrons. The van der Waals surface area contributed by atoms with Crippen molar-refractivity contribution in [3.8, 4) is 0 Å². The molecule has 4 aliphatic rings. The Kier molecular flexibility index (Phi) is 4.18. The van der Waals surface area contributed by atoms with Gasteiger partial charge in [0.2, 0.25) is 0 Å². The number of allylic oxidation sites excluding steroid dienone is 1. The molecular weight excluding hydrogens is 284 g/mol. The van der Waals surface area contributed by atoms with Gasteiger partial charge in [-0.3, -0.25) is 4.79 Å². The lowest BCUT2D eigenvalue weighted by Gasteiger charge is -2.64. The fourth-order valence-electron chi connectivity index (χ4n) is 7.68. The molecule has 4 rings (SSSR count). The molecule has 130 valence electrons. The highest BCUT2D eigenvalue weighted by molar-refractivity contribution is 5.32. The van der Waals surface area contributed by atoms with Crippen LogP contribution in [0.5, 0.6) is 0 Å². The maximum absolute atomic E-state index is 8.36. The second-order valence-electron chi connectivity index (χ2n) is 9.77. The van der Waals surface area contributed by atoms with Crippen molar-refractivity contribution in [1.82, 2.24) is 0 Å². The van der Waals surface area contributed by atoms with Gasteiger partial charge < -0.3 is 5.11 Å². The van der Waals surface area contributed by atoms with Crippen molar-refractivity contribution in [3.05, 3.63) is 12.2 Å². The van der Waals surface area contributed by atoms with Crippen molar-refractivity contribution >= 4 is 6.47 Å². The standard InChI is InChI=1S/C20H32.CH2O2/c1-14-12-20-11-8-16-18(2,3)9-5-10-19(16,4)17(20)7-6-15(14)13-20;2-1-3/h15-17H,1,5-13H2,2-4H3;1H,(H,2,3)/t15?,16?,17?,19-,20-;/m1./s1. The number of rotatable bonds is 0. The molecule has 23 heavy (non-hydrogen) atoms. The summed E-state index contributed by atoms with van der Waals surface area (Å²) in [6.07, 6.45) is 13.3. The van der Waals surface area contributed by atoms with Crippen LogP contribution in [0, 0.1) is 34.0 Å². The van der Waals surface area contributed by atoms with Crippen LogP contribution < -0.4 is 0 Å². The van der Waals surface area contributed by atoms with Crippen LogP contribution in [0.25, 0.3) is 0 Å². The van der Waals surface area contributed by atoms with E-state index in [-0.39, 0.29) is 6.47 Å². The Bertz CT molecular complexity index is 494. The van der Waals surface area contributed by atoms with Gasteiger partial charge in [-0.25, -0.2) is 0 Å². The van der Waals surface area contributed by atoms with E-state index in [1.54, 1.807) is 5.57 Å². The minimum atomic E-state index is -0.250. The van der Waals surface area contributed by atoms with Gasteiger partial charge in [-0.2, -0.15) is 0 Å². The average molecular weight is 319 g/mol. The van der Waals surface area contributed by atoms with E-state index < -0.39 is 0 Å². The average Bonchev–Trinajstić information content (AvgIpc) is 2.68. The third kappa shape index (κ3) is 2.48. The Balaban J connectivity index is 0.000000485. The molecule has 0 saturated heterocycles. The van der Waals surface area contributed by atoms with E-state index >= 15 is 0 Å². The van der Waals surface area contributed by atoms with Crippen molar-refractivity contribution in [1.29, 1.82) is 0 Å². The maximum atomic E-state index is 8.36. The van der Waals surface area contributed by atoms with Crippen LogP contribution >= 0.6 is 0 Å². The molecule has 4 fully saturated rings. The molecule has 2 nitrogen and oxygen atoms in total. The smallest absolute Gasteiger partial charge is 0.290 e. The fourth-order valence-corrected chi connectivity index (χ4v) is 7.68. The summed E-state index contributed by atoms with van der Waals surface area (Å²) in [4.78, 5) is 8.36. The van der Waals surface area contributed by atoms with E-state index in [4.69, 9.17) is 9.90 Å². The normalized spacial score (nSPS) is 46.9. The van der Waals surface area contributed by atoms with Crippen LogP contribution in [0.2, 0.25) is 0 Å². The van der Waals surface area contributed by atoms with Crippen molar-refractivity contribution in [2.45, 2.75) is 78.6 Å². The van der Waals surface area contributed by atoms with Crippen LogP contribution in [0.1, 0.15) is 78.6 Å². The number of carbonyl (C=O) groups is 1. The van der Waals surface area contributed by atoms with Crippen molar-refractivity contribution in [3.63, 3.8) is 0 Å². The first-order chi connectivity index (χ1) is 10.8. The molecule has 1 spiro atoms. The summed E-state index contributed by atoms with van der Waals surface area (Å²) in [5, 5.41) is 6.89.